The van der Waals surface area contributed by atoms with Crippen molar-refractivity contribution in [1.82, 2.24) is 0 Å². The van der Waals surface area contributed by atoms with Gasteiger partial charge in [0.15, 0.2) is 5.78 Å². The molecule has 0 bridgehead atoms. The van der Waals surface area contributed by atoms with E-state index in [1.54, 1.807) is 6.07 Å². The Morgan fingerprint density at radius 3 is 2.65 bits per heavy atom. The number of nitrogens with two attached hydrogens (primary N) is 1. The lowest BCUT2D eigenvalue weighted by Gasteiger charge is -1.97. The second-order valence-electron chi connectivity index (χ2n) is 3.94. The quantitative estimate of drug-likeness (QED) is 0.682. The molecular formula is C14H11NO2. The zero-order valence-electron chi connectivity index (χ0n) is 9.14. The van der Waals surface area contributed by atoms with Gasteiger partial charge in [-0.15, -0.1) is 0 Å². The topological polar surface area (TPSA) is 56.2 Å². The first-order chi connectivity index (χ1) is 8.29. The summed E-state index contributed by atoms with van der Waals surface area (Å²) < 4.78 is 5.68. The molecule has 0 aliphatic heterocycles. The van der Waals surface area contributed by atoms with Gasteiger partial charge in [-0.2, -0.15) is 0 Å². The lowest BCUT2D eigenvalue weighted by Crippen LogP contribution is -2.13. The third-order valence-electron chi connectivity index (χ3n) is 2.88. The Morgan fingerprint density at radius 1 is 1.06 bits per heavy atom. The molecule has 17 heavy (non-hydrogen) atoms. The third-order valence-corrected chi connectivity index (χ3v) is 2.88. The Hall–Kier alpha value is -2.13. The van der Waals surface area contributed by atoms with Crippen LogP contribution in [0.4, 0.5) is 0 Å². The van der Waals surface area contributed by atoms with E-state index in [0.717, 1.165) is 21.9 Å². The van der Waals surface area contributed by atoms with E-state index in [4.69, 9.17) is 10.2 Å². The zero-order valence-corrected chi connectivity index (χ0v) is 9.14. The summed E-state index contributed by atoms with van der Waals surface area (Å²) in [6.45, 7) is 0.0291. The van der Waals surface area contributed by atoms with Gasteiger partial charge in [-0.1, -0.05) is 18.2 Å². The average molecular weight is 225 g/mol. The highest BCUT2D eigenvalue weighted by molar-refractivity contribution is 6.08. The number of furan rings is 1. The lowest BCUT2D eigenvalue weighted by molar-refractivity contribution is 0.100. The van der Waals surface area contributed by atoms with Gasteiger partial charge < -0.3 is 10.2 Å². The second-order valence-corrected chi connectivity index (χ2v) is 3.94. The van der Waals surface area contributed by atoms with Crippen LogP contribution < -0.4 is 5.73 Å². The van der Waals surface area contributed by atoms with Gasteiger partial charge >= 0.3 is 0 Å². The Kier molecular flexibility index (Phi) is 2.20. The Morgan fingerprint density at radius 2 is 1.82 bits per heavy atom. The fourth-order valence-corrected chi connectivity index (χ4v) is 2.02. The molecule has 2 aromatic carbocycles. The maximum Gasteiger partial charge on any atom is 0.176 e. The monoisotopic (exact) mass is 225 g/mol. The molecule has 0 saturated carbocycles. The molecule has 0 aliphatic carbocycles. The highest BCUT2D eigenvalue weighted by atomic mass is 16.3. The van der Waals surface area contributed by atoms with Crippen LogP contribution in [0.25, 0.3) is 21.9 Å². The maximum atomic E-state index is 11.6. The highest BCUT2D eigenvalue weighted by Gasteiger charge is 2.09. The van der Waals surface area contributed by atoms with E-state index in [1.807, 2.05) is 36.4 Å². The minimum absolute atomic E-state index is 0.0291. The van der Waals surface area contributed by atoms with Gasteiger partial charge in [0, 0.05) is 16.3 Å². The van der Waals surface area contributed by atoms with Crippen LogP contribution in [0.1, 0.15) is 10.4 Å². The van der Waals surface area contributed by atoms with Crippen molar-refractivity contribution in [2.45, 2.75) is 0 Å². The van der Waals surface area contributed by atoms with Gasteiger partial charge in [-0.05, 0) is 24.3 Å². The summed E-state index contributed by atoms with van der Waals surface area (Å²) in [5.41, 5.74) is 7.62. The van der Waals surface area contributed by atoms with Gasteiger partial charge in [-0.3, -0.25) is 4.79 Å². The number of hydrogen-bond acceptors (Lipinski definition) is 3. The van der Waals surface area contributed by atoms with Crippen molar-refractivity contribution < 1.29 is 9.21 Å². The summed E-state index contributed by atoms with van der Waals surface area (Å²) in [6.07, 6.45) is 0. The molecule has 0 saturated heterocycles. The highest BCUT2D eigenvalue weighted by Crippen LogP contribution is 2.29. The lowest BCUT2D eigenvalue weighted by atomic mass is 10.1. The summed E-state index contributed by atoms with van der Waals surface area (Å²) in [5, 5.41) is 1.98. The maximum absolute atomic E-state index is 11.6. The van der Waals surface area contributed by atoms with Crippen LogP contribution in [0.3, 0.4) is 0 Å². The summed E-state index contributed by atoms with van der Waals surface area (Å²) in [6, 6.07) is 13.2. The molecule has 0 aliphatic rings. The zero-order chi connectivity index (χ0) is 11.8. The van der Waals surface area contributed by atoms with E-state index < -0.39 is 0 Å². The summed E-state index contributed by atoms with van der Waals surface area (Å²) in [7, 11) is 0. The van der Waals surface area contributed by atoms with E-state index in [9.17, 15) is 4.79 Å². The van der Waals surface area contributed by atoms with Crippen LogP contribution in [0, 0.1) is 0 Å². The van der Waals surface area contributed by atoms with E-state index in [0.29, 0.717) is 5.56 Å². The van der Waals surface area contributed by atoms with Crippen molar-refractivity contribution in [2.75, 3.05) is 6.54 Å². The molecule has 1 heterocycles. The number of carbonyl (C=O) groups is 1. The number of rotatable bonds is 2. The van der Waals surface area contributed by atoms with E-state index in [2.05, 4.69) is 0 Å². The van der Waals surface area contributed by atoms with Gasteiger partial charge in [0.1, 0.15) is 11.2 Å². The van der Waals surface area contributed by atoms with Crippen LogP contribution in [0.5, 0.6) is 0 Å². The Labute approximate surface area is 97.8 Å². The van der Waals surface area contributed by atoms with Crippen molar-refractivity contribution in [1.29, 1.82) is 0 Å². The van der Waals surface area contributed by atoms with Crippen molar-refractivity contribution in [2.24, 2.45) is 5.73 Å². The standard InChI is InChI=1S/C14H11NO2/c15-8-12(16)9-5-6-14-11(7-9)10-3-1-2-4-13(10)17-14/h1-7H,8,15H2. The first-order valence-corrected chi connectivity index (χ1v) is 5.44. The summed E-state index contributed by atoms with van der Waals surface area (Å²) >= 11 is 0. The van der Waals surface area contributed by atoms with Gasteiger partial charge in [0.25, 0.3) is 0 Å². The van der Waals surface area contributed by atoms with Crippen molar-refractivity contribution in [3.8, 4) is 0 Å². The van der Waals surface area contributed by atoms with Gasteiger partial charge in [0.05, 0.1) is 6.54 Å². The molecule has 84 valence electrons. The molecule has 3 heteroatoms. The number of ketones is 1. The SMILES string of the molecule is NCC(=O)c1ccc2oc3ccccc3c2c1. The van der Waals surface area contributed by atoms with Gasteiger partial charge in [0.2, 0.25) is 0 Å². The minimum atomic E-state index is -0.0582. The van der Waals surface area contributed by atoms with Crippen molar-refractivity contribution in [3.05, 3.63) is 48.0 Å². The van der Waals surface area contributed by atoms with E-state index in [-0.39, 0.29) is 12.3 Å². The number of fused-ring (bicyclic) bond motifs is 3. The second kappa shape index (κ2) is 3.71. The van der Waals surface area contributed by atoms with Crippen LogP contribution in [-0.2, 0) is 0 Å². The first-order valence-electron chi connectivity index (χ1n) is 5.44. The predicted molar refractivity (Wildman–Crippen MR) is 67.1 cm³/mol. The molecule has 0 spiro atoms. The average Bonchev–Trinajstić information content (AvgIpc) is 2.75. The normalized spacial score (nSPS) is 11.1. The molecular weight excluding hydrogens is 214 g/mol. The van der Waals surface area contributed by atoms with Crippen LogP contribution in [-0.4, -0.2) is 12.3 Å². The van der Waals surface area contributed by atoms with E-state index in [1.165, 1.54) is 0 Å². The van der Waals surface area contributed by atoms with Crippen LogP contribution in [0.2, 0.25) is 0 Å². The molecule has 0 atom stereocenters. The van der Waals surface area contributed by atoms with Crippen LogP contribution >= 0.6 is 0 Å². The number of benzene rings is 2. The largest absolute Gasteiger partial charge is 0.456 e. The molecule has 1 aromatic heterocycles. The molecule has 3 nitrogen and oxygen atoms in total. The Balaban J connectivity index is 2.33. The smallest absolute Gasteiger partial charge is 0.176 e. The molecule has 3 aromatic rings. The first kappa shape index (κ1) is 10.1. The molecule has 0 unspecified atom stereocenters. The fourth-order valence-electron chi connectivity index (χ4n) is 2.02. The molecule has 3 rings (SSSR count). The number of hydrogen-bond donors (Lipinski definition) is 1. The van der Waals surface area contributed by atoms with Crippen LogP contribution in [0.15, 0.2) is 46.9 Å². The summed E-state index contributed by atoms with van der Waals surface area (Å²) in [5.74, 6) is -0.0582. The molecule has 0 fully saturated rings. The molecule has 2 N–H and O–H groups in total. The molecule has 0 radical (unpaired) electrons. The number of Topliss-reactive ketones (excluding diaryl/α,β-unsaturated/α-hetero) is 1. The van der Waals surface area contributed by atoms with Crippen molar-refractivity contribution in [3.63, 3.8) is 0 Å². The fraction of sp³-hybridized carbons (Fsp3) is 0.0714. The number of para-hydroxylation sites is 1. The Bertz CT molecular complexity index is 712. The third kappa shape index (κ3) is 1.52. The van der Waals surface area contributed by atoms with E-state index >= 15 is 0 Å². The predicted octanol–water partition coefficient (Wildman–Crippen LogP) is 2.73. The molecule has 0 amide bonds. The minimum Gasteiger partial charge on any atom is -0.456 e. The number of carbonyl (C=O) groups excluding carboxylic acids is 1. The van der Waals surface area contributed by atoms with Crippen molar-refractivity contribution >= 4 is 27.7 Å². The van der Waals surface area contributed by atoms with Gasteiger partial charge in [-0.25, -0.2) is 0 Å². The summed E-state index contributed by atoms with van der Waals surface area (Å²) in [4.78, 5) is 11.6.